The van der Waals surface area contributed by atoms with Gasteiger partial charge < -0.3 is 10.4 Å². The highest BCUT2D eigenvalue weighted by atomic mass is 16.3. The fourth-order valence-corrected chi connectivity index (χ4v) is 1.26. The summed E-state index contributed by atoms with van der Waals surface area (Å²) >= 11 is 0. The lowest BCUT2D eigenvalue weighted by Gasteiger charge is -2.12. The molecular weight excluding hydrogens is 194 g/mol. The van der Waals surface area contributed by atoms with Gasteiger partial charge in [-0.3, -0.25) is 9.48 Å². The van der Waals surface area contributed by atoms with E-state index in [1.54, 1.807) is 10.9 Å². The average molecular weight is 211 g/mol. The Bertz CT molecular complexity index is 285. The lowest BCUT2D eigenvalue weighted by molar-refractivity contribution is -0.122. The zero-order valence-corrected chi connectivity index (χ0v) is 8.89. The van der Waals surface area contributed by atoms with Crippen LogP contribution in [-0.2, 0) is 11.3 Å². The number of amides is 1. The number of hydrogen-bond acceptors (Lipinski definition) is 3. The molecule has 15 heavy (non-hydrogen) atoms. The third-order valence-electron chi connectivity index (χ3n) is 2.10. The summed E-state index contributed by atoms with van der Waals surface area (Å²) in [6, 6.07) is 1.85. The molecule has 1 amide bonds. The highest BCUT2D eigenvalue weighted by Gasteiger charge is 2.06. The molecule has 1 aromatic heterocycles. The first-order chi connectivity index (χ1) is 7.22. The van der Waals surface area contributed by atoms with E-state index in [0.29, 0.717) is 19.4 Å². The third kappa shape index (κ3) is 4.60. The Morgan fingerprint density at radius 2 is 2.47 bits per heavy atom. The maximum atomic E-state index is 11.4. The van der Waals surface area contributed by atoms with E-state index in [1.165, 1.54) is 0 Å². The Hall–Kier alpha value is -1.36. The SMILES string of the molecule is CC(CCO)NC(=O)CCn1cccn1. The van der Waals surface area contributed by atoms with Gasteiger partial charge in [-0.05, 0) is 19.4 Å². The zero-order valence-electron chi connectivity index (χ0n) is 8.89. The highest BCUT2D eigenvalue weighted by Crippen LogP contribution is 1.93. The fraction of sp³-hybridized carbons (Fsp3) is 0.600. The normalized spacial score (nSPS) is 12.4. The van der Waals surface area contributed by atoms with Crippen LogP contribution in [0.4, 0.5) is 0 Å². The average Bonchev–Trinajstić information content (AvgIpc) is 2.67. The quantitative estimate of drug-likeness (QED) is 0.704. The predicted molar refractivity (Wildman–Crippen MR) is 56.2 cm³/mol. The van der Waals surface area contributed by atoms with Crippen molar-refractivity contribution in [2.24, 2.45) is 0 Å². The van der Waals surface area contributed by atoms with E-state index in [0.717, 1.165) is 0 Å². The van der Waals surface area contributed by atoms with Gasteiger partial charge >= 0.3 is 0 Å². The van der Waals surface area contributed by atoms with Crippen LogP contribution >= 0.6 is 0 Å². The smallest absolute Gasteiger partial charge is 0.222 e. The van der Waals surface area contributed by atoms with Crippen molar-refractivity contribution in [1.82, 2.24) is 15.1 Å². The summed E-state index contributed by atoms with van der Waals surface area (Å²) in [5.74, 6) is -0.00792. The number of nitrogens with zero attached hydrogens (tertiary/aromatic N) is 2. The van der Waals surface area contributed by atoms with E-state index in [9.17, 15) is 4.79 Å². The summed E-state index contributed by atoms with van der Waals surface area (Å²) in [6.07, 6.45) is 4.52. The molecule has 0 bridgehead atoms. The van der Waals surface area contributed by atoms with Crippen molar-refractivity contribution in [3.63, 3.8) is 0 Å². The molecule has 1 atom stereocenters. The second-order valence-corrected chi connectivity index (χ2v) is 3.50. The summed E-state index contributed by atoms with van der Waals surface area (Å²) in [5, 5.41) is 15.5. The van der Waals surface area contributed by atoms with Crippen LogP contribution in [-0.4, -0.2) is 33.4 Å². The molecule has 0 spiro atoms. The lowest BCUT2D eigenvalue weighted by Crippen LogP contribution is -2.33. The van der Waals surface area contributed by atoms with Crippen LogP contribution in [0.3, 0.4) is 0 Å². The first-order valence-corrected chi connectivity index (χ1v) is 5.10. The van der Waals surface area contributed by atoms with Gasteiger partial charge in [0.15, 0.2) is 0 Å². The van der Waals surface area contributed by atoms with Crippen LogP contribution in [0.2, 0.25) is 0 Å². The van der Waals surface area contributed by atoms with Gasteiger partial charge in [-0.2, -0.15) is 5.10 Å². The Balaban J connectivity index is 2.19. The van der Waals surface area contributed by atoms with Crippen molar-refractivity contribution in [2.75, 3.05) is 6.61 Å². The minimum absolute atomic E-state index is 0.00792. The van der Waals surface area contributed by atoms with Gasteiger partial charge in [0.1, 0.15) is 0 Å². The van der Waals surface area contributed by atoms with Gasteiger partial charge in [0.2, 0.25) is 5.91 Å². The molecule has 2 N–H and O–H groups in total. The van der Waals surface area contributed by atoms with E-state index >= 15 is 0 Å². The number of aromatic nitrogens is 2. The summed E-state index contributed by atoms with van der Waals surface area (Å²) in [7, 11) is 0. The molecule has 0 saturated carbocycles. The fourth-order valence-electron chi connectivity index (χ4n) is 1.26. The minimum atomic E-state index is -0.00792. The van der Waals surface area contributed by atoms with Gasteiger partial charge in [-0.25, -0.2) is 0 Å². The van der Waals surface area contributed by atoms with E-state index in [2.05, 4.69) is 10.4 Å². The molecule has 1 heterocycles. The second-order valence-electron chi connectivity index (χ2n) is 3.50. The van der Waals surface area contributed by atoms with Gasteiger partial charge in [0, 0.05) is 38.0 Å². The molecule has 0 radical (unpaired) electrons. The van der Waals surface area contributed by atoms with Crippen LogP contribution in [0, 0.1) is 0 Å². The van der Waals surface area contributed by atoms with Crippen molar-refractivity contribution in [2.45, 2.75) is 32.4 Å². The molecule has 1 rings (SSSR count). The Labute approximate surface area is 89.1 Å². The van der Waals surface area contributed by atoms with Crippen molar-refractivity contribution in [3.8, 4) is 0 Å². The molecule has 5 heteroatoms. The van der Waals surface area contributed by atoms with Crippen LogP contribution in [0.1, 0.15) is 19.8 Å². The summed E-state index contributed by atoms with van der Waals surface area (Å²) in [6.45, 7) is 2.56. The lowest BCUT2D eigenvalue weighted by atomic mass is 10.2. The standard InChI is InChI=1S/C10H17N3O2/c1-9(4-8-14)12-10(15)3-7-13-6-2-5-11-13/h2,5-6,9,14H,3-4,7-8H2,1H3,(H,12,15). The Morgan fingerprint density at radius 3 is 3.07 bits per heavy atom. The van der Waals surface area contributed by atoms with Crippen LogP contribution < -0.4 is 5.32 Å². The van der Waals surface area contributed by atoms with Crippen LogP contribution in [0.5, 0.6) is 0 Å². The van der Waals surface area contributed by atoms with Crippen LogP contribution in [0.25, 0.3) is 0 Å². The number of nitrogens with one attached hydrogen (secondary N) is 1. The number of aliphatic hydroxyl groups is 1. The molecule has 84 valence electrons. The third-order valence-corrected chi connectivity index (χ3v) is 2.10. The zero-order chi connectivity index (χ0) is 11.1. The molecule has 0 fully saturated rings. The van der Waals surface area contributed by atoms with Crippen molar-refractivity contribution in [1.29, 1.82) is 0 Å². The predicted octanol–water partition coefficient (Wildman–Crippen LogP) is 0.160. The first-order valence-electron chi connectivity index (χ1n) is 5.10. The molecule has 5 nitrogen and oxygen atoms in total. The number of rotatable bonds is 6. The number of carbonyl (C=O) groups is 1. The van der Waals surface area contributed by atoms with Crippen molar-refractivity contribution >= 4 is 5.91 Å². The van der Waals surface area contributed by atoms with Gasteiger partial charge in [0.25, 0.3) is 0 Å². The molecule has 1 unspecified atom stereocenters. The molecule has 0 aromatic carbocycles. The topological polar surface area (TPSA) is 67.2 Å². The number of carbonyl (C=O) groups excluding carboxylic acids is 1. The van der Waals surface area contributed by atoms with Crippen LogP contribution in [0.15, 0.2) is 18.5 Å². The maximum Gasteiger partial charge on any atom is 0.222 e. The Morgan fingerprint density at radius 1 is 1.67 bits per heavy atom. The minimum Gasteiger partial charge on any atom is -0.396 e. The number of aliphatic hydroxyl groups excluding tert-OH is 1. The van der Waals surface area contributed by atoms with Gasteiger partial charge in [-0.15, -0.1) is 0 Å². The maximum absolute atomic E-state index is 11.4. The largest absolute Gasteiger partial charge is 0.396 e. The summed E-state index contributed by atoms with van der Waals surface area (Å²) in [5.41, 5.74) is 0. The number of aryl methyl sites for hydroxylation is 1. The molecular formula is C10H17N3O2. The van der Waals surface area contributed by atoms with Crippen molar-refractivity contribution < 1.29 is 9.90 Å². The Kier molecular flexibility index (Phi) is 4.83. The van der Waals surface area contributed by atoms with E-state index in [-0.39, 0.29) is 18.6 Å². The van der Waals surface area contributed by atoms with E-state index in [1.807, 2.05) is 19.2 Å². The molecule has 0 saturated heterocycles. The number of hydrogen-bond donors (Lipinski definition) is 2. The molecule has 0 aliphatic rings. The summed E-state index contributed by atoms with van der Waals surface area (Å²) < 4.78 is 1.72. The molecule has 1 aromatic rings. The second kappa shape index (κ2) is 6.19. The molecule has 0 aliphatic carbocycles. The van der Waals surface area contributed by atoms with Gasteiger partial charge in [-0.1, -0.05) is 0 Å². The van der Waals surface area contributed by atoms with Gasteiger partial charge in [0.05, 0.1) is 0 Å². The van der Waals surface area contributed by atoms with E-state index < -0.39 is 0 Å². The molecule has 0 aliphatic heterocycles. The first kappa shape index (κ1) is 11.7. The summed E-state index contributed by atoms with van der Waals surface area (Å²) in [4.78, 5) is 11.4. The van der Waals surface area contributed by atoms with E-state index in [4.69, 9.17) is 5.11 Å². The monoisotopic (exact) mass is 211 g/mol. The highest BCUT2D eigenvalue weighted by molar-refractivity contribution is 5.76. The van der Waals surface area contributed by atoms with Crippen molar-refractivity contribution in [3.05, 3.63) is 18.5 Å².